The summed E-state index contributed by atoms with van der Waals surface area (Å²) in [7, 11) is 0. The van der Waals surface area contributed by atoms with Crippen LogP contribution >= 0.6 is 12.2 Å². The maximum absolute atomic E-state index is 14.7. The van der Waals surface area contributed by atoms with Crippen LogP contribution in [0.2, 0.25) is 0 Å². The van der Waals surface area contributed by atoms with E-state index in [-0.39, 0.29) is 23.7 Å². The van der Waals surface area contributed by atoms with Crippen molar-refractivity contribution in [1.29, 1.82) is 0 Å². The first-order valence-electron chi connectivity index (χ1n) is 9.14. The molecule has 1 amide bonds. The van der Waals surface area contributed by atoms with Crippen molar-refractivity contribution in [3.63, 3.8) is 0 Å². The van der Waals surface area contributed by atoms with E-state index in [1.165, 1.54) is 6.07 Å². The number of hydrogen-bond donors (Lipinski definition) is 3. The molecule has 3 atom stereocenters. The molecule has 148 valence electrons. The summed E-state index contributed by atoms with van der Waals surface area (Å²) in [5.74, 6) is -1.22. The molecule has 1 fully saturated rings. The Morgan fingerprint density at radius 2 is 1.93 bits per heavy atom. The molecule has 0 unspecified atom stereocenters. The molecule has 3 N–H and O–H groups in total. The van der Waals surface area contributed by atoms with E-state index in [0.29, 0.717) is 24.2 Å². The summed E-state index contributed by atoms with van der Waals surface area (Å²) in [5, 5.41) is 15.9. The molecule has 0 aromatic heterocycles. The number of aliphatic hydroxyl groups excluding tert-OH is 1. The molecule has 1 aliphatic heterocycles. The molecular weight excluding hydrogens is 379 g/mol. The van der Waals surface area contributed by atoms with Crippen LogP contribution in [0.15, 0.2) is 54.6 Å². The van der Waals surface area contributed by atoms with Crippen LogP contribution in [0.1, 0.15) is 29.3 Å². The minimum Gasteiger partial charge on any atom is -0.396 e. The number of benzene rings is 2. The number of halogens is 1. The van der Waals surface area contributed by atoms with E-state index >= 15 is 0 Å². The van der Waals surface area contributed by atoms with Crippen molar-refractivity contribution in [1.82, 2.24) is 10.6 Å². The van der Waals surface area contributed by atoms with Crippen LogP contribution in [0.3, 0.4) is 0 Å². The first kappa shape index (κ1) is 20.4. The topological polar surface area (TPSA) is 70.6 Å². The summed E-state index contributed by atoms with van der Waals surface area (Å²) in [4.78, 5) is 12.4. The third-order valence-electron chi connectivity index (χ3n) is 5.23. The molecule has 0 radical (unpaired) electrons. The van der Waals surface area contributed by atoms with Gasteiger partial charge in [0.2, 0.25) is 0 Å². The number of rotatable bonds is 4. The third kappa shape index (κ3) is 4.06. The van der Waals surface area contributed by atoms with Crippen molar-refractivity contribution in [3.8, 4) is 0 Å². The molecule has 5 nitrogen and oxygen atoms in total. The molecule has 1 saturated heterocycles. The second-order valence-corrected chi connectivity index (χ2v) is 7.25. The highest BCUT2D eigenvalue weighted by Gasteiger charge is 2.48. The second kappa shape index (κ2) is 8.77. The zero-order valence-electron chi connectivity index (χ0n) is 15.5. The summed E-state index contributed by atoms with van der Waals surface area (Å²) in [5.41, 5.74) is -0.148. The van der Waals surface area contributed by atoms with Gasteiger partial charge >= 0.3 is 0 Å². The smallest absolute Gasteiger partial charge is 0.257 e. The van der Waals surface area contributed by atoms with Crippen LogP contribution in [0.25, 0.3) is 0 Å². The molecule has 2 aromatic carbocycles. The minimum absolute atomic E-state index is 0.0738. The molecule has 0 saturated carbocycles. The zero-order chi connectivity index (χ0) is 20.1. The van der Waals surface area contributed by atoms with Crippen LogP contribution in [0.5, 0.6) is 0 Å². The monoisotopic (exact) mass is 402 g/mol. The van der Waals surface area contributed by atoms with Crippen LogP contribution < -0.4 is 10.6 Å². The predicted octanol–water partition coefficient (Wildman–Crippen LogP) is 2.74. The molecular formula is C21H23FN2O3S. The van der Waals surface area contributed by atoms with Crippen molar-refractivity contribution < 1.29 is 19.0 Å². The lowest BCUT2D eigenvalue weighted by Gasteiger charge is -2.47. The number of hydrogen-bond acceptors (Lipinski definition) is 4. The Kier molecular flexibility index (Phi) is 6.39. The highest BCUT2D eigenvalue weighted by atomic mass is 32.1. The van der Waals surface area contributed by atoms with Gasteiger partial charge in [-0.1, -0.05) is 36.4 Å². The molecule has 7 heteroatoms. The first-order valence-corrected chi connectivity index (χ1v) is 9.55. The van der Waals surface area contributed by atoms with Crippen LogP contribution in [-0.4, -0.2) is 35.4 Å². The lowest BCUT2D eigenvalue weighted by molar-refractivity contribution is -0.0848. The molecule has 1 heterocycles. The number of nitrogens with one attached hydrogen (secondary N) is 2. The molecule has 2 aromatic rings. The largest absolute Gasteiger partial charge is 0.396 e. The van der Waals surface area contributed by atoms with Crippen LogP contribution in [0.4, 0.5) is 4.39 Å². The summed E-state index contributed by atoms with van der Waals surface area (Å²) in [6.45, 7) is 1.98. The Balaban J connectivity index is 1.91. The third-order valence-corrected chi connectivity index (χ3v) is 5.43. The molecule has 3 rings (SSSR count). The Morgan fingerprint density at radius 3 is 2.61 bits per heavy atom. The van der Waals surface area contributed by atoms with Gasteiger partial charge < -0.3 is 15.2 Å². The van der Waals surface area contributed by atoms with Crippen LogP contribution in [0, 0.1) is 11.7 Å². The van der Waals surface area contributed by atoms with E-state index in [2.05, 4.69) is 10.6 Å². The van der Waals surface area contributed by atoms with Gasteiger partial charge in [-0.15, -0.1) is 0 Å². The number of carbonyl (C=O) groups excluding carboxylic acids is 1. The van der Waals surface area contributed by atoms with Gasteiger partial charge in [-0.2, -0.15) is 0 Å². The van der Waals surface area contributed by atoms with Crippen molar-refractivity contribution >= 4 is 23.2 Å². The zero-order valence-corrected chi connectivity index (χ0v) is 16.3. The lowest BCUT2D eigenvalue weighted by Crippen LogP contribution is -2.61. The Labute approximate surface area is 168 Å². The highest BCUT2D eigenvalue weighted by molar-refractivity contribution is 7.80. The standard InChI is InChI=1S/C21H23FN2O3S/c1-14-17(13-25)21(11-12-27-14,16-9-5-6-10-18(16)22)24-20(28)23-19(26)15-7-3-2-4-8-15/h2-10,14,17,25H,11-13H2,1H3,(H2,23,24,26,28)/t14-,17-,21-/m1/s1. The van der Waals surface area contributed by atoms with E-state index in [4.69, 9.17) is 17.0 Å². The maximum Gasteiger partial charge on any atom is 0.257 e. The minimum atomic E-state index is -1.00. The van der Waals surface area contributed by atoms with Gasteiger partial charge in [0, 0.05) is 23.7 Å². The van der Waals surface area contributed by atoms with E-state index in [1.807, 2.05) is 13.0 Å². The van der Waals surface area contributed by atoms with Gasteiger partial charge in [0.15, 0.2) is 5.11 Å². The molecule has 28 heavy (non-hydrogen) atoms. The fourth-order valence-electron chi connectivity index (χ4n) is 3.79. The summed E-state index contributed by atoms with van der Waals surface area (Å²) in [6.07, 6.45) is 0.0728. The van der Waals surface area contributed by atoms with Gasteiger partial charge in [-0.25, -0.2) is 4.39 Å². The van der Waals surface area contributed by atoms with E-state index in [1.54, 1.807) is 42.5 Å². The SMILES string of the molecule is C[C@H]1OCC[C@@](NC(=S)NC(=O)c2ccccc2)(c2ccccc2F)[C@@H]1CO. The normalized spacial score (nSPS) is 24.4. The van der Waals surface area contributed by atoms with Gasteiger partial charge in [0.1, 0.15) is 5.82 Å². The first-order chi connectivity index (χ1) is 13.5. The highest BCUT2D eigenvalue weighted by Crippen LogP contribution is 2.40. The maximum atomic E-state index is 14.7. The molecule has 0 bridgehead atoms. The fraction of sp³-hybridized carbons (Fsp3) is 0.333. The Hall–Kier alpha value is -2.35. The number of amides is 1. The van der Waals surface area contributed by atoms with Crippen LogP contribution in [-0.2, 0) is 10.3 Å². The van der Waals surface area contributed by atoms with Gasteiger partial charge in [-0.05, 0) is 43.8 Å². The van der Waals surface area contributed by atoms with Gasteiger partial charge in [-0.3, -0.25) is 10.1 Å². The number of aliphatic hydroxyl groups is 1. The van der Waals surface area contributed by atoms with Gasteiger partial charge in [0.25, 0.3) is 5.91 Å². The van der Waals surface area contributed by atoms with Gasteiger partial charge in [0.05, 0.1) is 18.2 Å². The van der Waals surface area contributed by atoms with E-state index in [0.717, 1.165) is 0 Å². The number of carbonyl (C=O) groups is 1. The summed E-state index contributed by atoms with van der Waals surface area (Å²) >= 11 is 5.38. The molecule has 0 spiro atoms. The molecule has 1 aliphatic rings. The predicted molar refractivity (Wildman–Crippen MR) is 108 cm³/mol. The Morgan fingerprint density at radius 1 is 1.25 bits per heavy atom. The summed E-state index contributed by atoms with van der Waals surface area (Å²) < 4.78 is 20.4. The quantitative estimate of drug-likeness (QED) is 0.686. The fourth-order valence-corrected chi connectivity index (χ4v) is 4.07. The van der Waals surface area contributed by atoms with E-state index < -0.39 is 17.3 Å². The number of thiocarbonyl (C=S) groups is 1. The lowest BCUT2D eigenvalue weighted by atomic mass is 9.72. The van der Waals surface area contributed by atoms with E-state index in [9.17, 15) is 14.3 Å². The van der Waals surface area contributed by atoms with Crippen molar-refractivity contribution in [2.24, 2.45) is 5.92 Å². The average molecular weight is 402 g/mol. The summed E-state index contributed by atoms with van der Waals surface area (Å²) in [6, 6.07) is 15.1. The second-order valence-electron chi connectivity index (χ2n) is 6.84. The van der Waals surface area contributed by atoms with Crippen molar-refractivity contribution in [3.05, 3.63) is 71.5 Å². The van der Waals surface area contributed by atoms with Crippen molar-refractivity contribution in [2.45, 2.75) is 25.0 Å². The molecule has 0 aliphatic carbocycles. The van der Waals surface area contributed by atoms with Crippen molar-refractivity contribution in [2.75, 3.05) is 13.2 Å². The Bertz CT molecular complexity index is 849. The average Bonchev–Trinajstić information content (AvgIpc) is 2.69. The number of ether oxygens (including phenoxy) is 1.